The fourth-order valence-electron chi connectivity index (χ4n) is 1.18. The van der Waals surface area contributed by atoms with Crippen LogP contribution in [0.15, 0.2) is 24.3 Å². The third-order valence-electron chi connectivity index (χ3n) is 2.03. The molecule has 0 N–H and O–H groups in total. The minimum Gasteiger partial charge on any atom is -0.496 e. The number of rotatable bonds is 4. The summed E-state index contributed by atoms with van der Waals surface area (Å²) in [5.74, 6) is -0.190. The van der Waals surface area contributed by atoms with Crippen molar-refractivity contribution >= 4 is 17.7 Å². The molecule has 0 aliphatic rings. The largest absolute Gasteiger partial charge is 0.496 e. The quantitative estimate of drug-likeness (QED) is 0.345. The van der Waals surface area contributed by atoms with Crippen molar-refractivity contribution in [1.82, 2.24) is 0 Å². The molecule has 90 valence electrons. The van der Waals surface area contributed by atoms with Gasteiger partial charge in [-0.1, -0.05) is 0 Å². The zero-order valence-corrected chi connectivity index (χ0v) is 9.38. The highest BCUT2D eigenvalue weighted by Gasteiger charge is 2.09. The van der Waals surface area contributed by atoms with Crippen LogP contribution in [0, 0.1) is 10.1 Å². The Labute approximate surface area is 97.6 Å². The molecule has 0 fully saturated rings. The molecule has 1 aromatic rings. The lowest BCUT2D eigenvalue weighted by molar-refractivity contribution is -0.384. The summed E-state index contributed by atoms with van der Waals surface area (Å²) in [7, 11) is 2.66. The second-order valence-electron chi connectivity index (χ2n) is 3.04. The van der Waals surface area contributed by atoms with Crippen LogP contribution in [-0.4, -0.2) is 25.1 Å². The van der Waals surface area contributed by atoms with Gasteiger partial charge >= 0.3 is 5.97 Å². The van der Waals surface area contributed by atoms with Crippen molar-refractivity contribution in [1.29, 1.82) is 0 Å². The first-order valence-electron chi connectivity index (χ1n) is 4.67. The molecule has 0 spiro atoms. The van der Waals surface area contributed by atoms with E-state index in [9.17, 15) is 14.9 Å². The Balaban J connectivity index is 3.05. The number of esters is 1. The smallest absolute Gasteiger partial charge is 0.330 e. The summed E-state index contributed by atoms with van der Waals surface area (Å²) in [6, 6.07) is 4.12. The lowest BCUT2D eigenvalue weighted by atomic mass is 10.1. The number of nitro benzene ring substituents is 1. The number of carbonyl (C=O) groups is 1. The van der Waals surface area contributed by atoms with Gasteiger partial charge in [-0.15, -0.1) is 0 Å². The molecule has 0 aliphatic heterocycles. The number of hydrogen-bond acceptors (Lipinski definition) is 5. The Morgan fingerprint density at radius 3 is 2.65 bits per heavy atom. The minimum absolute atomic E-state index is 0.0722. The number of benzene rings is 1. The number of nitro groups is 1. The number of non-ortho nitro benzene ring substituents is 1. The first-order chi connectivity index (χ1) is 8.08. The SMILES string of the molecule is COC(=O)/C=C/c1ccc([N+](=O)[O-])cc1OC. The van der Waals surface area contributed by atoms with Crippen LogP contribution in [0.3, 0.4) is 0 Å². The number of nitrogens with zero attached hydrogens (tertiary/aromatic N) is 1. The van der Waals surface area contributed by atoms with Crippen LogP contribution in [0.25, 0.3) is 6.08 Å². The first-order valence-corrected chi connectivity index (χ1v) is 4.67. The average molecular weight is 237 g/mol. The molecule has 0 saturated carbocycles. The maximum atomic E-state index is 10.9. The monoisotopic (exact) mass is 237 g/mol. The second-order valence-corrected chi connectivity index (χ2v) is 3.04. The highest BCUT2D eigenvalue weighted by Crippen LogP contribution is 2.25. The van der Waals surface area contributed by atoms with Crippen LogP contribution in [-0.2, 0) is 9.53 Å². The van der Waals surface area contributed by atoms with E-state index in [-0.39, 0.29) is 5.69 Å². The van der Waals surface area contributed by atoms with Crippen molar-refractivity contribution in [2.24, 2.45) is 0 Å². The van der Waals surface area contributed by atoms with Gasteiger partial charge < -0.3 is 9.47 Å². The van der Waals surface area contributed by atoms with Crippen molar-refractivity contribution in [2.45, 2.75) is 0 Å². The highest BCUT2D eigenvalue weighted by molar-refractivity contribution is 5.87. The van der Waals surface area contributed by atoms with Gasteiger partial charge in [-0.05, 0) is 12.1 Å². The van der Waals surface area contributed by atoms with E-state index in [2.05, 4.69) is 4.74 Å². The van der Waals surface area contributed by atoms with Crippen LogP contribution < -0.4 is 4.74 Å². The number of methoxy groups -OCH3 is 2. The van der Waals surface area contributed by atoms with Gasteiger partial charge in [-0.3, -0.25) is 10.1 Å². The van der Waals surface area contributed by atoms with Gasteiger partial charge in [-0.2, -0.15) is 0 Å². The molecule has 6 heteroatoms. The zero-order valence-electron chi connectivity index (χ0n) is 9.38. The highest BCUT2D eigenvalue weighted by atomic mass is 16.6. The van der Waals surface area contributed by atoms with Crippen LogP contribution >= 0.6 is 0 Å². The van der Waals surface area contributed by atoms with Crippen molar-refractivity contribution in [2.75, 3.05) is 14.2 Å². The predicted molar refractivity (Wildman–Crippen MR) is 60.7 cm³/mol. The normalized spacial score (nSPS) is 10.2. The van der Waals surface area contributed by atoms with Gasteiger partial charge in [0.1, 0.15) is 5.75 Å². The molecule has 0 aliphatic carbocycles. The fourth-order valence-corrected chi connectivity index (χ4v) is 1.18. The van der Waals surface area contributed by atoms with Crippen LogP contribution in [0.5, 0.6) is 5.75 Å². The first kappa shape index (κ1) is 12.7. The molecule has 0 atom stereocenters. The van der Waals surface area contributed by atoms with E-state index in [0.29, 0.717) is 11.3 Å². The summed E-state index contributed by atoms with van der Waals surface area (Å²) in [4.78, 5) is 20.9. The number of carbonyl (C=O) groups excluding carboxylic acids is 1. The van der Waals surface area contributed by atoms with Crippen molar-refractivity contribution < 1.29 is 19.2 Å². The van der Waals surface area contributed by atoms with Gasteiger partial charge in [0.25, 0.3) is 5.69 Å². The van der Waals surface area contributed by atoms with Crippen molar-refractivity contribution in [3.8, 4) is 5.75 Å². The molecule has 17 heavy (non-hydrogen) atoms. The van der Waals surface area contributed by atoms with E-state index in [1.54, 1.807) is 0 Å². The molecule has 0 heterocycles. The molecular formula is C11H11NO5. The Hall–Kier alpha value is -2.37. The molecule has 1 rings (SSSR count). The van der Waals surface area contributed by atoms with Gasteiger partial charge in [0.05, 0.1) is 25.2 Å². The molecule has 0 unspecified atom stereocenters. The Bertz CT molecular complexity index is 467. The van der Waals surface area contributed by atoms with Gasteiger partial charge in [0, 0.05) is 17.7 Å². The lowest BCUT2D eigenvalue weighted by Gasteiger charge is -2.03. The van der Waals surface area contributed by atoms with E-state index in [1.807, 2.05) is 0 Å². The predicted octanol–water partition coefficient (Wildman–Crippen LogP) is 1.79. The molecule has 0 aromatic heterocycles. The molecule has 0 amide bonds. The minimum atomic E-state index is -0.518. The average Bonchev–Trinajstić information content (AvgIpc) is 2.35. The van der Waals surface area contributed by atoms with Crippen LogP contribution in [0.2, 0.25) is 0 Å². The third-order valence-corrected chi connectivity index (χ3v) is 2.03. The number of hydrogen-bond donors (Lipinski definition) is 0. The Morgan fingerprint density at radius 2 is 2.12 bits per heavy atom. The maximum absolute atomic E-state index is 10.9. The summed E-state index contributed by atoms with van der Waals surface area (Å²) < 4.78 is 9.43. The molecule has 0 radical (unpaired) electrons. The van der Waals surface area contributed by atoms with Gasteiger partial charge in [0.15, 0.2) is 0 Å². The molecule has 1 aromatic carbocycles. The lowest BCUT2D eigenvalue weighted by Crippen LogP contribution is -1.95. The van der Waals surface area contributed by atoms with Crippen molar-refractivity contribution in [3.05, 3.63) is 40.0 Å². The van der Waals surface area contributed by atoms with Gasteiger partial charge in [-0.25, -0.2) is 4.79 Å². The van der Waals surface area contributed by atoms with E-state index in [0.717, 1.165) is 0 Å². The van der Waals surface area contributed by atoms with E-state index in [4.69, 9.17) is 4.74 Å². The molecular weight excluding hydrogens is 226 g/mol. The van der Waals surface area contributed by atoms with E-state index in [1.165, 1.54) is 44.6 Å². The van der Waals surface area contributed by atoms with E-state index >= 15 is 0 Å². The summed E-state index contributed by atoms with van der Waals surface area (Å²) in [6.07, 6.45) is 2.68. The summed E-state index contributed by atoms with van der Waals surface area (Å²) >= 11 is 0. The summed E-state index contributed by atoms with van der Waals surface area (Å²) in [5.41, 5.74) is 0.487. The fraction of sp³-hybridized carbons (Fsp3) is 0.182. The number of ether oxygens (including phenoxy) is 2. The summed E-state index contributed by atoms with van der Waals surface area (Å²) in [6.45, 7) is 0. The topological polar surface area (TPSA) is 78.7 Å². The molecule has 0 saturated heterocycles. The van der Waals surface area contributed by atoms with Crippen molar-refractivity contribution in [3.63, 3.8) is 0 Å². The maximum Gasteiger partial charge on any atom is 0.330 e. The molecule has 6 nitrogen and oxygen atoms in total. The van der Waals surface area contributed by atoms with Crippen LogP contribution in [0.1, 0.15) is 5.56 Å². The van der Waals surface area contributed by atoms with E-state index < -0.39 is 10.9 Å². The van der Waals surface area contributed by atoms with Gasteiger partial charge in [0.2, 0.25) is 0 Å². The summed E-state index contributed by atoms with van der Waals surface area (Å²) in [5, 5.41) is 10.6. The third kappa shape index (κ3) is 3.30. The standard InChI is InChI=1S/C11H11NO5/c1-16-10-7-9(12(14)15)5-3-8(10)4-6-11(13)17-2/h3-7H,1-2H3/b6-4+. The molecule has 0 bridgehead atoms. The zero-order chi connectivity index (χ0) is 12.8. The Kier molecular flexibility index (Phi) is 4.21. The Morgan fingerprint density at radius 1 is 1.41 bits per heavy atom. The van der Waals surface area contributed by atoms with Crippen LogP contribution in [0.4, 0.5) is 5.69 Å². The second kappa shape index (κ2) is 5.64.